The summed E-state index contributed by atoms with van der Waals surface area (Å²) < 4.78 is 4.88. The Bertz CT molecular complexity index is 323. The molecule has 0 bridgehead atoms. The van der Waals surface area contributed by atoms with Gasteiger partial charge < -0.3 is 21.5 Å². The van der Waals surface area contributed by atoms with E-state index in [9.17, 15) is 9.59 Å². The fraction of sp³-hybridized carbons (Fsp3) is 0.667. The van der Waals surface area contributed by atoms with Crippen molar-refractivity contribution in [2.45, 2.75) is 31.5 Å². The number of amides is 1. The molecule has 0 saturated carbocycles. The lowest BCUT2D eigenvalue weighted by Crippen LogP contribution is -2.41. The van der Waals surface area contributed by atoms with E-state index in [4.69, 9.17) is 28.4 Å². The number of esters is 1. The average Bonchev–Trinajstić information content (AvgIpc) is 2.57. The topological polar surface area (TPSA) is 119 Å². The molecule has 17 heavy (non-hydrogen) atoms. The Morgan fingerprint density at radius 1 is 1.53 bits per heavy atom. The van der Waals surface area contributed by atoms with Gasteiger partial charge in [0, 0.05) is 0 Å². The zero-order valence-corrected chi connectivity index (χ0v) is 10.1. The molecule has 1 fully saturated rings. The third-order valence-electron chi connectivity index (χ3n) is 2.24. The summed E-state index contributed by atoms with van der Waals surface area (Å²) in [4.78, 5) is 22.7. The van der Waals surface area contributed by atoms with E-state index in [1.165, 1.54) is 0 Å². The number of carbonyl (C=O) groups is 2. The molecule has 1 unspecified atom stereocenters. The first-order valence-electron chi connectivity index (χ1n) is 5.32. The third-order valence-corrected chi connectivity index (χ3v) is 2.46. The van der Waals surface area contributed by atoms with Crippen LogP contribution in [0, 0.1) is 0 Å². The second-order valence-corrected chi connectivity index (χ2v) is 4.08. The van der Waals surface area contributed by atoms with Crippen LogP contribution in [0.4, 0.5) is 0 Å². The van der Waals surface area contributed by atoms with Crippen LogP contribution in [0.25, 0.3) is 0 Å². The summed E-state index contributed by atoms with van der Waals surface area (Å²) in [6.45, 7) is 0.558. The summed E-state index contributed by atoms with van der Waals surface area (Å²) in [6.07, 6.45) is 0.952. The van der Waals surface area contributed by atoms with E-state index in [0.717, 1.165) is 12.8 Å². The normalized spacial score (nSPS) is 20.7. The first-order valence-corrected chi connectivity index (χ1v) is 5.73. The SMILES string of the molecule is NCCCC[C@H](N)C(=O)OC1NC(=S)NC1=O. The Hall–Kier alpha value is -1.25. The molecule has 1 heterocycles. The monoisotopic (exact) mass is 260 g/mol. The van der Waals surface area contributed by atoms with Crippen LogP contribution >= 0.6 is 12.2 Å². The van der Waals surface area contributed by atoms with Crippen molar-refractivity contribution in [1.29, 1.82) is 0 Å². The van der Waals surface area contributed by atoms with Gasteiger partial charge in [-0.15, -0.1) is 0 Å². The van der Waals surface area contributed by atoms with E-state index < -0.39 is 24.1 Å². The summed E-state index contributed by atoms with van der Waals surface area (Å²) in [6, 6.07) is -0.745. The minimum Gasteiger partial charge on any atom is -0.431 e. The van der Waals surface area contributed by atoms with Crippen LogP contribution in [-0.2, 0) is 14.3 Å². The van der Waals surface area contributed by atoms with E-state index in [2.05, 4.69) is 10.6 Å². The molecular weight excluding hydrogens is 244 g/mol. The zero-order chi connectivity index (χ0) is 12.8. The van der Waals surface area contributed by atoms with Crippen LogP contribution < -0.4 is 22.1 Å². The van der Waals surface area contributed by atoms with Gasteiger partial charge in [0.25, 0.3) is 12.1 Å². The molecule has 0 spiro atoms. The first kappa shape index (κ1) is 13.8. The molecule has 1 saturated heterocycles. The number of nitrogens with two attached hydrogens (primary N) is 2. The molecule has 0 aliphatic carbocycles. The molecule has 7 nitrogen and oxygen atoms in total. The highest BCUT2D eigenvalue weighted by Crippen LogP contribution is 2.03. The van der Waals surface area contributed by atoms with Crippen molar-refractivity contribution in [3.05, 3.63) is 0 Å². The Labute approximate surface area is 104 Å². The van der Waals surface area contributed by atoms with E-state index in [0.29, 0.717) is 13.0 Å². The van der Waals surface area contributed by atoms with Gasteiger partial charge in [0.05, 0.1) is 0 Å². The lowest BCUT2D eigenvalue weighted by Gasteiger charge is -2.14. The molecule has 0 aromatic rings. The Morgan fingerprint density at radius 2 is 2.24 bits per heavy atom. The number of ether oxygens (including phenoxy) is 1. The van der Waals surface area contributed by atoms with Crippen LogP contribution in [0.3, 0.4) is 0 Å². The molecule has 96 valence electrons. The number of carbonyl (C=O) groups excluding carboxylic acids is 2. The molecule has 8 heteroatoms. The summed E-state index contributed by atoms with van der Waals surface area (Å²) >= 11 is 4.70. The minimum absolute atomic E-state index is 0.143. The highest BCUT2D eigenvalue weighted by molar-refractivity contribution is 7.80. The van der Waals surface area contributed by atoms with Crippen molar-refractivity contribution in [2.75, 3.05) is 6.54 Å². The predicted molar refractivity (Wildman–Crippen MR) is 64.6 cm³/mol. The lowest BCUT2D eigenvalue weighted by atomic mass is 10.1. The van der Waals surface area contributed by atoms with E-state index in [1.807, 2.05) is 0 Å². The van der Waals surface area contributed by atoms with Gasteiger partial charge in [-0.2, -0.15) is 0 Å². The Morgan fingerprint density at radius 3 is 2.76 bits per heavy atom. The molecule has 6 N–H and O–H groups in total. The second kappa shape index (κ2) is 6.48. The number of unbranched alkanes of at least 4 members (excludes halogenated alkanes) is 1. The molecule has 0 aromatic carbocycles. The fourth-order valence-electron chi connectivity index (χ4n) is 1.31. The maximum absolute atomic E-state index is 11.5. The number of hydrogen-bond donors (Lipinski definition) is 4. The number of hydrogen-bond acceptors (Lipinski definition) is 6. The zero-order valence-electron chi connectivity index (χ0n) is 9.27. The summed E-state index contributed by atoms with van der Waals surface area (Å²) in [5.41, 5.74) is 10.9. The highest BCUT2D eigenvalue weighted by atomic mass is 32.1. The van der Waals surface area contributed by atoms with Crippen molar-refractivity contribution >= 4 is 29.2 Å². The van der Waals surface area contributed by atoms with Crippen LogP contribution in [-0.4, -0.2) is 35.8 Å². The number of thiocarbonyl (C=S) groups is 1. The van der Waals surface area contributed by atoms with Gasteiger partial charge in [0.1, 0.15) is 6.04 Å². The van der Waals surface area contributed by atoms with Gasteiger partial charge in [-0.3, -0.25) is 14.9 Å². The van der Waals surface area contributed by atoms with E-state index in [-0.39, 0.29) is 5.11 Å². The molecule has 2 atom stereocenters. The van der Waals surface area contributed by atoms with Crippen molar-refractivity contribution in [1.82, 2.24) is 10.6 Å². The van der Waals surface area contributed by atoms with Crippen LogP contribution in [0.1, 0.15) is 19.3 Å². The van der Waals surface area contributed by atoms with E-state index in [1.54, 1.807) is 0 Å². The molecule has 0 aromatic heterocycles. The van der Waals surface area contributed by atoms with E-state index >= 15 is 0 Å². The molecular formula is C9H16N4O3S. The Kier molecular flexibility index (Phi) is 5.26. The van der Waals surface area contributed by atoms with Crippen molar-refractivity contribution in [3.8, 4) is 0 Å². The van der Waals surface area contributed by atoms with Gasteiger partial charge in [-0.05, 0) is 31.6 Å². The standard InChI is InChI=1S/C9H16N4O3S/c10-4-2-1-3-5(11)8(15)16-7-6(14)12-9(17)13-7/h5,7H,1-4,10-11H2,(H2,12,13,14,17)/t5-,7?/m0/s1. The number of nitrogens with one attached hydrogen (secondary N) is 2. The molecule has 1 aliphatic rings. The minimum atomic E-state index is -1.07. The van der Waals surface area contributed by atoms with Crippen LogP contribution in [0.5, 0.6) is 0 Å². The van der Waals surface area contributed by atoms with Gasteiger partial charge >= 0.3 is 5.97 Å². The summed E-state index contributed by atoms with van der Waals surface area (Å²) in [7, 11) is 0. The lowest BCUT2D eigenvalue weighted by molar-refractivity contribution is -0.156. The summed E-state index contributed by atoms with van der Waals surface area (Å²) in [5.74, 6) is -1.11. The predicted octanol–water partition coefficient (Wildman–Crippen LogP) is -1.68. The largest absolute Gasteiger partial charge is 0.431 e. The average molecular weight is 260 g/mol. The third kappa shape index (κ3) is 4.25. The number of rotatable bonds is 6. The fourth-order valence-corrected chi connectivity index (χ4v) is 1.52. The maximum Gasteiger partial charge on any atom is 0.325 e. The van der Waals surface area contributed by atoms with Crippen LogP contribution in [0.15, 0.2) is 0 Å². The smallest absolute Gasteiger partial charge is 0.325 e. The maximum atomic E-state index is 11.5. The molecule has 1 aliphatic heterocycles. The summed E-state index contributed by atoms with van der Waals surface area (Å²) in [5, 5.41) is 4.96. The van der Waals surface area contributed by atoms with Gasteiger partial charge in [-0.1, -0.05) is 6.42 Å². The molecule has 0 radical (unpaired) electrons. The molecule has 1 amide bonds. The Balaban J connectivity index is 2.33. The highest BCUT2D eigenvalue weighted by Gasteiger charge is 2.31. The second-order valence-electron chi connectivity index (χ2n) is 3.67. The van der Waals surface area contributed by atoms with Crippen molar-refractivity contribution in [3.63, 3.8) is 0 Å². The van der Waals surface area contributed by atoms with Gasteiger partial charge in [0.2, 0.25) is 0 Å². The molecule has 1 rings (SSSR count). The van der Waals surface area contributed by atoms with Crippen molar-refractivity contribution in [2.24, 2.45) is 11.5 Å². The van der Waals surface area contributed by atoms with Crippen molar-refractivity contribution < 1.29 is 14.3 Å². The van der Waals surface area contributed by atoms with Gasteiger partial charge in [0.15, 0.2) is 5.11 Å². The van der Waals surface area contributed by atoms with Gasteiger partial charge in [-0.25, -0.2) is 0 Å². The quantitative estimate of drug-likeness (QED) is 0.256. The van der Waals surface area contributed by atoms with Crippen LogP contribution in [0.2, 0.25) is 0 Å². The first-order chi connectivity index (χ1) is 8.04.